The molecule has 0 rings (SSSR count). The Bertz CT molecular complexity index is 158. The Labute approximate surface area is 68.9 Å². The summed E-state index contributed by atoms with van der Waals surface area (Å²) >= 11 is 2.13. The lowest BCUT2D eigenvalue weighted by atomic mass is 10.5. The zero-order valence-electron chi connectivity index (χ0n) is 5.56. The van der Waals surface area contributed by atoms with Crippen molar-refractivity contribution in [3.8, 4) is 0 Å². The number of hydrogen-bond acceptors (Lipinski definition) is 2. The van der Waals surface area contributed by atoms with Crippen LogP contribution in [-0.4, -0.2) is 17.5 Å². The van der Waals surface area contributed by atoms with Crippen molar-refractivity contribution >= 4 is 33.0 Å². The van der Waals surface area contributed by atoms with E-state index in [0.717, 1.165) is 9.42 Å². The van der Waals surface area contributed by atoms with Gasteiger partial charge in [0.15, 0.2) is 0 Å². The van der Waals surface area contributed by atoms with E-state index in [0.29, 0.717) is 0 Å². The van der Waals surface area contributed by atoms with E-state index in [1.54, 1.807) is 7.05 Å². The summed E-state index contributed by atoms with van der Waals surface area (Å²) in [6.45, 7) is 5.26. The summed E-state index contributed by atoms with van der Waals surface area (Å²) in [6.07, 6.45) is 1.87. The van der Waals surface area contributed by atoms with Crippen molar-refractivity contribution in [1.29, 1.82) is 0 Å². The van der Waals surface area contributed by atoms with Gasteiger partial charge in [0, 0.05) is 12.7 Å². The average Bonchev–Trinajstić information content (AvgIpc) is 1.87. The van der Waals surface area contributed by atoms with Crippen LogP contribution in [0.15, 0.2) is 21.8 Å². The zero-order valence-corrected chi connectivity index (χ0v) is 7.71. The van der Waals surface area contributed by atoms with Crippen molar-refractivity contribution < 1.29 is 0 Å². The van der Waals surface area contributed by atoms with Crippen molar-refractivity contribution in [3.05, 3.63) is 11.8 Å². The molecule has 0 aromatic rings. The third-order valence-corrected chi connectivity index (χ3v) is 1.58. The number of hydrogen-bond donors (Lipinski definition) is 0. The summed E-state index contributed by atoms with van der Waals surface area (Å²) in [6, 6.07) is 0. The summed E-state index contributed by atoms with van der Waals surface area (Å²) in [5, 5.41) is 0. The molecule has 0 spiro atoms. The van der Waals surface area contributed by atoms with Gasteiger partial charge in [-0.3, -0.25) is 9.98 Å². The number of rotatable bonds is 2. The van der Waals surface area contributed by atoms with Crippen molar-refractivity contribution in [2.75, 3.05) is 7.05 Å². The van der Waals surface area contributed by atoms with Crippen molar-refractivity contribution in [3.63, 3.8) is 0 Å². The van der Waals surface area contributed by atoms with Crippen LogP contribution in [0.2, 0.25) is 0 Å². The Morgan fingerprint density at radius 1 is 1.67 bits per heavy atom. The summed E-state index contributed by atoms with van der Waals surface area (Å²) in [5.41, 5.74) is 0.894. The maximum absolute atomic E-state index is 3.92. The van der Waals surface area contributed by atoms with Gasteiger partial charge in [-0.2, -0.15) is 0 Å². The minimum absolute atomic E-state index is 0.894. The minimum Gasteiger partial charge on any atom is -0.282 e. The molecule has 0 saturated carbocycles. The van der Waals surface area contributed by atoms with Crippen LogP contribution in [0.25, 0.3) is 0 Å². The predicted octanol–water partition coefficient (Wildman–Crippen LogP) is 2.05. The van der Waals surface area contributed by atoms with Gasteiger partial charge in [-0.15, -0.1) is 0 Å². The number of aliphatic imine (C=N–C) groups is 2. The molecule has 0 aliphatic carbocycles. The van der Waals surface area contributed by atoms with E-state index in [1.807, 2.05) is 13.0 Å². The Hall–Kier alpha value is -0.190. The zero-order chi connectivity index (χ0) is 7.28. The van der Waals surface area contributed by atoms with Gasteiger partial charge in [0.1, 0.15) is 0 Å². The molecule has 0 fully saturated rings. The molecule has 0 bridgehead atoms. The maximum atomic E-state index is 3.92. The fourth-order valence-electron chi connectivity index (χ4n) is 0.283. The van der Waals surface area contributed by atoms with Crippen molar-refractivity contribution in [1.82, 2.24) is 0 Å². The monoisotopic (exact) mass is 236 g/mol. The Morgan fingerprint density at radius 2 is 2.22 bits per heavy atom. The van der Waals surface area contributed by atoms with Gasteiger partial charge >= 0.3 is 0 Å². The highest BCUT2D eigenvalue weighted by molar-refractivity contribution is 14.1. The molecular formula is C6H9IN2. The molecule has 0 saturated heterocycles. The fourth-order valence-corrected chi connectivity index (χ4v) is 0.733. The highest BCUT2D eigenvalue weighted by Crippen LogP contribution is 1.98. The van der Waals surface area contributed by atoms with Crippen LogP contribution in [0, 0.1) is 0 Å². The smallest absolute Gasteiger partial charge is 0.0968 e. The van der Waals surface area contributed by atoms with Crippen LogP contribution >= 0.6 is 22.6 Å². The van der Waals surface area contributed by atoms with Gasteiger partial charge in [0.25, 0.3) is 0 Å². The highest BCUT2D eigenvalue weighted by Gasteiger charge is 1.84. The van der Waals surface area contributed by atoms with Gasteiger partial charge in [-0.1, -0.05) is 0 Å². The molecule has 0 N–H and O–H groups in total. The first-order chi connectivity index (χ1) is 4.20. The van der Waals surface area contributed by atoms with Crippen molar-refractivity contribution in [2.24, 2.45) is 9.98 Å². The SMILES string of the molecule is C=N/C(C)=C\C(I)=N/C. The third kappa shape index (κ3) is 4.32. The first-order valence-electron chi connectivity index (χ1n) is 2.48. The molecule has 0 atom stereocenters. The molecule has 3 heteroatoms. The quantitative estimate of drug-likeness (QED) is 0.517. The first kappa shape index (κ1) is 8.81. The lowest BCUT2D eigenvalue weighted by Gasteiger charge is -1.87. The molecule has 0 aromatic carbocycles. The van der Waals surface area contributed by atoms with E-state index in [4.69, 9.17) is 0 Å². The molecule has 9 heavy (non-hydrogen) atoms. The number of halogens is 1. The summed E-state index contributed by atoms with van der Waals surface area (Å²) in [7, 11) is 1.74. The van der Waals surface area contributed by atoms with E-state index >= 15 is 0 Å². The topological polar surface area (TPSA) is 24.7 Å². The third-order valence-electron chi connectivity index (χ3n) is 0.791. The molecule has 0 unspecified atom stereocenters. The second kappa shape index (κ2) is 4.67. The lowest BCUT2D eigenvalue weighted by molar-refractivity contribution is 1.33. The van der Waals surface area contributed by atoms with Gasteiger partial charge in [-0.25, -0.2) is 0 Å². The number of allylic oxidation sites excluding steroid dienone is 2. The van der Waals surface area contributed by atoms with E-state index in [1.165, 1.54) is 0 Å². The van der Waals surface area contributed by atoms with Crippen molar-refractivity contribution in [2.45, 2.75) is 6.92 Å². The lowest BCUT2D eigenvalue weighted by Crippen LogP contribution is -1.78. The standard InChI is InChI=1S/C6H9IN2/c1-5(8-2)4-6(7)9-3/h4H,2H2,1,3H3/b5-4-,9-6+. The minimum atomic E-state index is 0.894. The molecule has 0 aliphatic heterocycles. The fraction of sp³-hybridized carbons (Fsp3) is 0.333. The Balaban J connectivity index is 4.11. The normalized spacial score (nSPS) is 13.7. The Kier molecular flexibility index (Phi) is 4.57. The van der Waals surface area contributed by atoms with E-state index in [2.05, 4.69) is 39.3 Å². The van der Waals surface area contributed by atoms with E-state index < -0.39 is 0 Å². The van der Waals surface area contributed by atoms with Gasteiger partial charge in [0.2, 0.25) is 0 Å². The van der Waals surface area contributed by atoms with Crippen LogP contribution in [0.1, 0.15) is 6.92 Å². The molecule has 0 heterocycles. The van der Waals surface area contributed by atoms with E-state index in [9.17, 15) is 0 Å². The maximum Gasteiger partial charge on any atom is 0.0968 e. The molecule has 0 aliphatic rings. The summed E-state index contributed by atoms with van der Waals surface area (Å²) in [5.74, 6) is 0. The molecule has 2 nitrogen and oxygen atoms in total. The highest BCUT2D eigenvalue weighted by atomic mass is 127. The largest absolute Gasteiger partial charge is 0.282 e. The average molecular weight is 236 g/mol. The number of nitrogens with zero attached hydrogens (tertiary/aromatic N) is 2. The van der Waals surface area contributed by atoms with Crippen LogP contribution < -0.4 is 0 Å². The summed E-state index contributed by atoms with van der Waals surface area (Å²) < 4.78 is 0.942. The second-order valence-corrected chi connectivity index (χ2v) is 2.60. The van der Waals surface area contributed by atoms with Crippen LogP contribution in [0.5, 0.6) is 0 Å². The van der Waals surface area contributed by atoms with Gasteiger partial charge in [0.05, 0.1) is 3.72 Å². The van der Waals surface area contributed by atoms with Crippen LogP contribution in [0.3, 0.4) is 0 Å². The van der Waals surface area contributed by atoms with Gasteiger partial charge < -0.3 is 0 Å². The summed E-state index contributed by atoms with van der Waals surface area (Å²) in [4.78, 5) is 7.62. The molecule has 50 valence electrons. The van der Waals surface area contributed by atoms with E-state index in [-0.39, 0.29) is 0 Å². The van der Waals surface area contributed by atoms with Crippen LogP contribution in [-0.2, 0) is 0 Å². The molecular weight excluding hydrogens is 227 g/mol. The predicted molar refractivity (Wildman–Crippen MR) is 50.7 cm³/mol. The molecule has 0 radical (unpaired) electrons. The molecule has 0 aromatic heterocycles. The second-order valence-electron chi connectivity index (χ2n) is 1.49. The van der Waals surface area contributed by atoms with Gasteiger partial charge in [-0.05, 0) is 42.3 Å². The molecule has 0 amide bonds. The van der Waals surface area contributed by atoms with Crippen LogP contribution in [0.4, 0.5) is 0 Å². The Morgan fingerprint density at radius 3 is 2.56 bits per heavy atom. The first-order valence-corrected chi connectivity index (χ1v) is 3.56.